The van der Waals surface area contributed by atoms with Crippen LogP contribution in [-0.4, -0.2) is 31.1 Å². The predicted molar refractivity (Wildman–Crippen MR) is 73.2 cm³/mol. The Bertz CT molecular complexity index is 399. The third-order valence-corrected chi connectivity index (χ3v) is 4.01. The van der Waals surface area contributed by atoms with Crippen molar-refractivity contribution in [3.05, 3.63) is 35.1 Å². The summed E-state index contributed by atoms with van der Waals surface area (Å²) in [5, 5.41) is 3.50. The van der Waals surface area contributed by atoms with Crippen molar-refractivity contribution in [3.8, 4) is 0 Å². The van der Waals surface area contributed by atoms with Crippen LogP contribution in [0.1, 0.15) is 36.9 Å². The lowest BCUT2D eigenvalue weighted by Crippen LogP contribution is -2.36. The summed E-state index contributed by atoms with van der Waals surface area (Å²) in [6.07, 6.45) is 2.52. The number of benzene rings is 1. The highest BCUT2D eigenvalue weighted by atomic mass is 19.1. The normalized spacial score (nSPS) is 21.5. The van der Waals surface area contributed by atoms with Gasteiger partial charge < -0.3 is 5.32 Å². The first kappa shape index (κ1) is 13.5. The molecule has 0 aliphatic carbocycles. The summed E-state index contributed by atoms with van der Waals surface area (Å²) in [5.41, 5.74) is 1.77. The van der Waals surface area contributed by atoms with E-state index in [1.807, 2.05) is 12.1 Å². The van der Waals surface area contributed by atoms with Crippen LogP contribution in [0.2, 0.25) is 0 Å². The molecule has 0 amide bonds. The largest absolute Gasteiger partial charge is 0.313 e. The highest BCUT2D eigenvalue weighted by molar-refractivity contribution is 5.25. The number of hydrogen-bond donors (Lipinski definition) is 1. The third kappa shape index (κ3) is 3.09. The van der Waals surface area contributed by atoms with Crippen LogP contribution in [0.4, 0.5) is 4.39 Å². The number of rotatable bonds is 4. The van der Waals surface area contributed by atoms with Gasteiger partial charge in [0, 0.05) is 18.6 Å². The molecule has 1 saturated heterocycles. The van der Waals surface area contributed by atoms with Gasteiger partial charge >= 0.3 is 0 Å². The first-order chi connectivity index (χ1) is 8.58. The molecule has 2 nitrogen and oxygen atoms in total. The van der Waals surface area contributed by atoms with Crippen molar-refractivity contribution in [1.82, 2.24) is 10.2 Å². The molecule has 1 aliphatic heterocycles. The van der Waals surface area contributed by atoms with Crippen molar-refractivity contribution < 1.29 is 4.39 Å². The van der Waals surface area contributed by atoms with Crippen molar-refractivity contribution in [2.24, 2.45) is 0 Å². The lowest BCUT2D eigenvalue weighted by molar-refractivity contribution is 0.237. The molecular formula is C15H23FN2. The summed E-state index contributed by atoms with van der Waals surface area (Å²) in [6.45, 7) is 6.09. The molecule has 2 unspecified atom stereocenters. The molecule has 0 aromatic heterocycles. The Morgan fingerprint density at radius 1 is 1.50 bits per heavy atom. The number of nitrogens with zero attached hydrogens (tertiary/aromatic N) is 1. The van der Waals surface area contributed by atoms with Crippen LogP contribution in [0.3, 0.4) is 0 Å². The van der Waals surface area contributed by atoms with Crippen LogP contribution in [-0.2, 0) is 0 Å². The van der Waals surface area contributed by atoms with Gasteiger partial charge in [0.15, 0.2) is 0 Å². The van der Waals surface area contributed by atoms with E-state index in [9.17, 15) is 4.39 Å². The molecule has 3 heteroatoms. The Morgan fingerprint density at radius 3 is 2.89 bits per heavy atom. The van der Waals surface area contributed by atoms with Gasteiger partial charge in [0.2, 0.25) is 0 Å². The fourth-order valence-corrected chi connectivity index (χ4v) is 2.54. The Kier molecular flexibility index (Phi) is 4.36. The maximum atomic E-state index is 13.6. The first-order valence-corrected chi connectivity index (χ1v) is 6.77. The summed E-state index contributed by atoms with van der Waals surface area (Å²) < 4.78 is 13.6. The summed E-state index contributed by atoms with van der Waals surface area (Å²) in [5.74, 6) is -0.105. The minimum atomic E-state index is -0.105. The molecule has 1 aromatic carbocycles. The Balaban J connectivity index is 2.00. The molecule has 1 aromatic rings. The van der Waals surface area contributed by atoms with Crippen LogP contribution in [0, 0.1) is 12.7 Å². The van der Waals surface area contributed by atoms with Crippen LogP contribution in [0.25, 0.3) is 0 Å². The average molecular weight is 250 g/mol. The summed E-state index contributed by atoms with van der Waals surface area (Å²) in [6, 6.07) is 6.40. The van der Waals surface area contributed by atoms with E-state index >= 15 is 0 Å². The second-order valence-corrected chi connectivity index (χ2v) is 5.42. The lowest BCUT2D eigenvalue weighted by Gasteiger charge is -2.28. The molecular weight excluding hydrogens is 227 g/mol. The van der Waals surface area contributed by atoms with Crippen LogP contribution >= 0.6 is 0 Å². The van der Waals surface area contributed by atoms with Crippen LogP contribution in [0.15, 0.2) is 18.2 Å². The smallest absolute Gasteiger partial charge is 0.126 e. The fraction of sp³-hybridized carbons (Fsp3) is 0.600. The van der Waals surface area contributed by atoms with Gasteiger partial charge in [-0.2, -0.15) is 0 Å². The van der Waals surface area contributed by atoms with Crippen molar-refractivity contribution >= 4 is 0 Å². The van der Waals surface area contributed by atoms with Gasteiger partial charge in [0.1, 0.15) is 5.82 Å². The quantitative estimate of drug-likeness (QED) is 0.884. The number of hydrogen-bond acceptors (Lipinski definition) is 2. The van der Waals surface area contributed by atoms with Crippen LogP contribution in [0.5, 0.6) is 0 Å². The first-order valence-electron chi connectivity index (χ1n) is 6.77. The second-order valence-electron chi connectivity index (χ2n) is 5.42. The molecule has 0 spiro atoms. The molecule has 1 fully saturated rings. The zero-order valence-electron chi connectivity index (χ0n) is 11.5. The summed E-state index contributed by atoms with van der Waals surface area (Å²) in [7, 11) is 2.11. The Hall–Kier alpha value is -0.930. The number of halogens is 1. The highest BCUT2D eigenvalue weighted by Crippen LogP contribution is 2.22. The summed E-state index contributed by atoms with van der Waals surface area (Å²) in [4.78, 5) is 2.30. The van der Waals surface area contributed by atoms with Crippen molar-refractivity contribution in [2.75, 3.05) is 20.1 Å². The van der Waals surface area contributed by atoms with Crippen molar-refractivity contribution in [1.29, 1.82) is 0 Å². The molecule has 1 N–H and O–H groups in total. The highest BCUT2D eigenvalue weighted by Gasteiger charge is 2.19. The molecule has 0 radical (unpaired) electrons. The van der Waals surface area contributed by atoms with Gasteiger partial charge in [-0.25, -0.2) is 4.39 Å². The average Bonchev–Trinajstić information content (AvgIpc) is 2.84. The molecule has 0 saturated carbocycles. The van der Waals surface area contributed by atoms with Gasteiger partial charge in [-0.1, -0.05) is 12.1 Å². The standard InChI is InChI=1S/C15H23FN2/c1-11-6-7-13(9-15(11)16)12(2)18(3)10-14-5-4-8-17-14/h6-7,9,12,14,17H,4-5,8,10H2,1-3H3. The van der Waals surface area contributed by atoms with E-state index in [-0.39, 0.29) is 11.9 Å². The zero-order valence-corrected chi connectivity index (χ0v) is 11.5. The van der Waals surface area contributed by atoms with Gasteiger partial charge in [-0.05, 0) is 57.5 Å². The van der Waals surface area contributed by atoms with Crippen LogP contribution < -0.4 is 5.32 Å². The third-order valence-electron chi connectivity index (χ3n) is 4.01. The molecule has 0 bridgehead atoms. The number of nitrogens with one attached hydrogen (secondary N) is 1. The molecule has 100 valence electrons. The van der Waals surface area contributed by atoms with Gasteiger partial charge in [0.05, 0.1) is 0 Å². The molecule has 2 rings (SSSR count). The monoisotopic (exact) mass is 250 g/mol. The molecule has 18 heavy (non-hydrogen) atoms. The van der Waals surface area contributed by atoms with Crippen molar-refractivity contribution in [2.45, 2.75) is 38.8 Å². The van der Waals surface area contributed by atoms with Gasteiger partial charge in [-0.3, -0.25) is 4.90 Å². The number of likely N-dealkylation sites (N-methyl/N-ethyl adjacent to an activating group) is 1. The minimum absolute atomic E-state index is 0.105. The Morgan fingerprint density at radius 2 is 2.28 bits per heavy atom. The Labute approximate surface area is 109 Å². The zero-order chi connectivity index (χ0) is 13.1. The van der Waals surface area contributed by atoms with E-state index in [1.165, 1.54) is 12.8 Å². The maximum absolute atomic E-state index is 13.6. The number of aryl methyl sites for hydroxylation is 1. The van der Waals surface area contributed by atoms with E-state index in [0.29, 0.717) is 11.6 Å². The molecule has 1 heterocycles. The maximum Gasteiger partial charge on any atom is 0.126 e. The minimum Gasteiger partial charge on any atom is -0.313 e. The van der Waals surface area contributed by atoms with E-state index < -0.39 is 0 Å². The SMILES string of the molecule is Cc1ccc(C(C)N(C)CC2CCCN2)cc1F. The second kappa shape index (κ2) is 5.81. The van der Waals surface area contributed by atoms with Crippen molar-refractivity contribution in [3.63, 3.8) is 0 Å². The topological polar surface area (TPSA) is 15.3 Å². The lowest BCUT2D eigenvalue weighted by atomic mass is 10.0. The van der Waals surface area contributed by atoms with Gasteiger partial charge in [0.25, 0.3) is 0 Å². The molecule has 1 aliphatic rings. The van der Waals surface area contributed by atoms with E-state index in [0.717, 1.165) is 18.7 Å². The summed E-state index contributed by atoms with van der Waals surface area (Å²) >= 11 is 0. The predicted octanol–water partition coefficient (Wildman–Crippen LogP) is 2.88. The molecule has 2 atom stereocenters. The van der Waals surface area contributed by atoms with Gasteiger partial charge in [-0.15, -0.1) is 0 Å². The van der Waals surface area contributed by atoms with E-state index in [4.69, 9.17) is 0 Å². The fourth-order valence-electron chi connectivity index (χ4n) is 2.54. The van der Waals surface area contributed by atoms with E-state index in [1.54, 1.807) is 13.0 Å². The van der Waals surface area contributed by atoms with E-state index in [2.05, 4.69) is 24.2 Å².